The number of hydrogen-bond donors (Lipinski definition) is 1. The molecule has 2 N–H and O–H groups in total. The molecule has 0 spiro atoms. The first-order valence-corrected chi connectivity index (χ1v) is 7.16. The topological polar surface area (TPSA) is 51.4 Å². The zero-order valence-electron chi connectivity index (χ0n) is 11.8. The second-order valence-corrected chi connectivity index (χ2v) is 5.31. The largest absolute Gasteiger partial charge is 0.381 e. The quantitative estimate of drug-likeness (QED) is 0.929. The van der Waals surface area contributed by atoms with Crippen molar-refractivity contribution < 1.29 is 4.74 Å². The molecule has 1 saturated heterocycles. The van der Waals surface area contributed by atoms with E-state index in [1.807, 2.05) is 12.3 Å². The molecule has 1 fully saturated rings. The van der Waals surface area contributed by atoms with Gasteiger partial charge in [0.15, 0.2) is 0 Å². The number of piperidine rings is 1. The Morgan fingerprint density at radius 2 is 2.20 bits per heavy atom. The highest BCUT2D eigenvalue weighted by molar-refractivity contribution is 5.91. The number of nitrogens with zero attached hydrogens (tertiary/aromatic N) is 2. The zero-order chi connectivity index (χ0) is 13.9. The summed E-state index contributed by atoms with van der Waals surface area (Å²) in [6.45, 7) is 1.63. The number of aromatic nitrogens is 1. The maximum Gasteiger partial charge on any atom is 0.0722 e. The lowest BCUT2D eigenvalue weighted by molar-refractivity contribution is 0.0710. The Bertz CT molecular complexity index is 581. The van der Waals surface area contributed by atoms with Gasteiger partial charge in [-0.2, -0.15) is 0 Å². The van der Waals surface area contributed by atoms with Gasteiger partial charge in [-0.1, -0.05) is 18.2 Å². The molecule has 0 aliphatic carbocycles. The van der Waals surface area contributed by atoms with Gasteiger partial charge in [-0.05, 0) is 25.0 Å². The molecule has 1 aliphatic heterocycles. The fourth-order valence-corrected chi connectivity index (χ4v) is 3.10. The summed E-state index contributed by atoms with van der Waals surface area (Å²) in [5.41, 5.74) is 8.25. The summed E-state index contributed by atoms with van der Waals surface area (Å²) in [6.07, 6.45) is 4.24. The fraction of sp³-hybridized carbons (Fsp3) is 0.438. The maximum atomic E-state index is 5.98. The van der Waals surface area contributed by atoms with Crippen molar-refractivity contribution in [2.45, 2.75) is 25.0 Å². The first-order valence-electron chi connectivity index (χ1n) is 7.16. The van der Waals surface area contributed by atoms with E-state index in [0.29, 0.717) is 18.7 Å². The molecule has 1 aromatic heterocycles. The highest BCUT2D eigenvalue weighted by Crippen LogP contribution is 2.30. The molecule has 1 aliphatic rings. The van der Waals surface area contributed by atoms with Gasteiger partial charge in [0, 0.05) is 43.5 Å². The van der Waals surface area contributed by atoms with Gasteiger partial charge in [0.1, 0.15) is 0 Å². The van der Waals surface area contributed by atoms with Crippen LogP contribution in [-0.2, 0) is 4.74 Å². The first-order chi connectivity index (χ1) is 9.83. The van der Waals surface area contributed by atoms with E-state index in [9.17, 15) is 0 Å². The van der Waals surface area contributed by atoms with Crippen molar-refractivity contribution in [1.82, 2.24) is 4.98 Å². The van der Waals surface area contributed by atoms with Crippen LogP contribution in [0.15, 0.2) is 36.5 Å². The summed E-state index contributed by atoms with van der Waals surface area (Å²) >= 11 is 0. The van der Waals surface area contributed by atoms with E-state index in [4.69, 9.17) is 10.5 Å². The molecule has 20 heavy (non-hydrogen) atoms. The van der Waals surface area contributed by atoms with Crippen LogP contribution in [0.1, 0.15) is 12.8 Å². The Hall–Kier alpha value is -1.65. The maximum absolute atomic E-state index is 5.98. The molecule has 0 bridgehead atoms. The predicted octanol–water partition coefficient (Wildman–Crippen LogP) is 2.18. The summed E-state index contributed by atoms with van der Waals surface area (Å²) in [5, 5.41) is 1.20. The van der Waals surface area contributed by atoms with Crippen LogP contribution < -0.4 is 10.6 Å². The first kappa shape index (κ1) is 13.3. The van der Waals surface area contributed by atoms with Gasteiger partial charge in [0.2, 0.25) is 0 Å². The van der Waals surface area contributed by atoms with Crippen LogP contribution in [0.4, 0.5) is 5.69 Å². The van der Waals surface area contributed by atoms with Crippen molar-refractivity contribution in [2.24, 2.45) is 5.73 Å². The van der Waals surface area contributed by atoms with E-state index in [2.05, 4.69) is 34.1 Å². The number of nitrogens with two attached hydrogens (primary N) is 1. The van der Waals surface area contributed by atoms with Gasteiger partial charge in [-0.25, -0.2) is 0 Å². The normalized spacial score (nSPS) is 23.2. The van der Waals surface area contributed by atoms with E-state index in [1.54, 1.807) is 7.11 Å². The molecule has 1 aromatic carbocycles. The molecule has 4 heteroatoms. The van der Waals surface area contributed by atoms with Crippen molar-refractivity contribution in [3.8, 4) is 0 Å². The lowest BCUT2D eigenvalue weighted by atomic mass is 9.97. The lowest BCUT2D eigenvalue weighted by Gasteiger charge is -2.40. The minimum absolute atomic E-state index is 0.327. The van der Waals surface area contributed by atoms with E-state index < -0.39 is 0 Å². The van der Waals surface area contributed by atoms with Crippen LogP contribution in [0.2, 0.25) is 0 Å². The van der Waals surface area contributed by atoms with Crippen LogP contribution in [0.5, 0.6) is 0 Å². The summed E-state index contributed by atoms with van der Waals surface area (Å²) in [7, 11) is 1.79. The highest BCUT2D eigenvalue weighted by Gasteiger charge is 2.28. The van der Waals surface area contributed by atoms with Crippen LogP contribution >= 0.6 is 0 Å². The molecule has 0 radical (unpaired) electrons. The van der Waals surface area contributed by atoms with Crippen LogP contribution in [0.3, 0.4) is 0 Å². The molecule has 4 nitrogen and oxygen atoms in total. The van der Waals surface area contributed by atoms with Gasteiger partial charge in [-0.15, -0.1) is 0 Å². The summed E-state index contributed by atoms with van der Waals surface area (Å²) in [4.78, 5) is 6.85. The summed E-state index contributed by atoms with van der Waals surface area (Å²) in [5.74, 6) is 0. The van der Waals surface area contributed by atoms with Crippen LogP contribution in [0.25, 0.3) is 10.9 Å². The molecular formula is C16H21N3O. The molecule has 2 heterocycles. The van der Waals surface area contributed by atoms with Gasteiger partial charge in [0.05, 0.1) is 11.6 Å². The Balaban J connectivity index is 1.97. The highest BCUT2D eigenvalue weighted by atomic mass is 16.5. The average Bonchev–Trinajstić information content (AvgIpc) is 2.53. The number of para-hydroxylation sites is 1. The predicted molar refractivity (Wildman–Crippen MR) is 82.0 cm³/mol. The smallest absolute Gasteiger partial charge is 0.0722 e. The molecular weight excluding hydrogens is 250 g/mol. The molecule has 2 unspecified atom stereocenters. The van der Waals surface area contributed by atoms with E-state index >= 15 is 0 Å². The molecule has 2 aromatic rings. The molecule has 0 saturated carbocycles. The van der Waals surface area contributed by atoms with Crippen LogP contribution in [0, 0.1) is 0 Å². The van der Waals surface area contributed by atoms with Crippen molar-refractivity contribution >= 4 is 16.6 Å². The molecule has 3 rings (SSSR count). The van der Waals surface area contributed by atoms with Gasteiger partial charge < -0.3 is 15.4 Å². The Kier molecular flexibility index (Phi) is 3.85. The fourth-order valence-electron chi connectivity index (χ4n) is 3.10. The number of benzene rings is 1. The minimum Gasteiger partial charge on any atom is -0.381 e. The lowest BCUT2D eigenvalue weighted by Crippen LogP contribution is -2.48. The zero-order valence-corrected chi connectivity index (χ0v) is 11.8. The number of ether oxygens (including phenoxy) is 1. The number of pyridine rings is 1. The van der Waals surface area contributed by atoms with Gasteiger partial charge in [-0.3, -0.25) is 4.98 Å². The number of methoxy groups -OCH3 is 1. The monoisotopic (exact) mass is 271 g/mol. The van der Waals surface area contributed by atoms with E-state index in [0.717, 1.165) is 24.9 Å². The second kappa shape index (κ2) is 5.77. The minimum atomic E-state index is 0.327. The molecule has 0 amide bonds. The third-order valence-electron chi connectivity index (χ3n) is 4.21. The number of fused-ring (bicyclic) bond motifs is 1. The third-order valence-corrected chi connectivity index (χ3v) is 4.21. The Labute approximate surface area is 119 Å². The van der Waals surface area contributed by atoms with Crippen molar-refractivity contribution in [3.05, 3.63) is 36.5 Å². The van der Waals surface area contributed by atoms with Crippen molar-refractivity contribution in [3.63, 3.8) is 0 Å². The summed E-state index contributed by atoms with van der Waals surface area (Å²) < 4.78 is 5.50. The number of hydrogen-bond acceptors (Lipinski definition) is 4. The third kappa shape index (κ3) is 2.37. The number of rotatable bonds is 3. The standard InChI is InChI=1S/C16H21N3O/c1-20-13-7-9-19(12(10-13)11-17)16-6-8-18-15-5-3-2-4-14(15)16/h2-6,8,12-13H,7,9-11,17H2,1H3. The van der Waals surface area contributed by atoms with Crippen molar-refractivity contribution in [2.75, 3.05) is 25.1 Å². The van der Waals surface area contributed by atoms with Crippen LogP contribution in [-0.4, -0.2) is 37.3 Å². The average molecular weight is 271 g/mol. The summed E-state index contributed by atoms with van der Waals surface area (Å²) in [6, 6.07) is 10.7. The molecule has 106 valence electrons. The Morgan fingerprint density at radius 3 is 3.00 bits per heavy atom. The Morgan fingerprint density at radius 1 is 1.35 bits per heavy atom. The van der Waals surface area contributed by atoms with E-state index in [-0.39, 0.29) is 0 Å². The molecule has 2 atom stereocenters. The van der Waals surface area contributed by atoms with Gasteiger partial charge in [0.25, 0.3) is 0 Å². The van der Waals surface area contributed by atoms with Gasteiger partial charge >= 0.3 is 0 Å². The van der Waals surface area contributed by atoms with Crippen molar-refractivity contribution in [1.29, 1.82) is 0 Å². The van der Waals surface area contributed by atoms with E-state index in [1.165, 1.54) is 11.1 Å². The second-order valence-electron chi connectivity index (χ2n) is 5.31. The number of anilines is 1. The SMILES string of the molecule is COC1CCN(c2ccnc3ccccc23)C(CN)C1.